The molecule has 0 aliphatic carbocycles. The van der Waals surface area contributed by atoms with E-state index in [1.807, 2.05) is 31.2 Å². The zero-order chi connectivity index (χ0) is 20.3. The molecule has 1 N–H and O–H groups in total. The third-order valence-electron chi connectivity index (χ3n) is 4.94. The summed E-state index contributed by atoms with van der Waals surface area (Å²) in [5, 5.41) is 3.56. The molecule has 5 nitrogen and oxygen atoms in total. The van der Waals surface area contributed by atoms with E-state index in [0.29, 0.717) is 35.0 Å². The molecule has 0 unspecified atom stereocenters. The molecule has 1 saturated heterocycles. The van der Waals surface area contributed by atoms with E-state index in [9.17, 15) is 13.2 Å². The third kappa shape index (κ3) is 4.87. The molecule has 1 heterocycles. The lowest BCUT2D eigenvalue weighted by Crippen LogP contribution is -2.44. The summed E-state index contributed by atoms with van der Waals surface area (Å²) in [6.07, 6.45) is 1.28. The smallest absolute Gasteiger partial charge is 0.228 e. The van der Waals surface area contributed by atoms with Crippen molar-refractivity contribution in [1.29, 1.82) is 0 Å². The molecule has 28 heavy (non-hydrogen) atoms. The number of hydrogen-bond donors (Lipinski definition) is 1. The minimum atomic E-state index is -3.64. The van der Waals surface area contributed by atoms with Crippen LogP contribution in [0.15, 0.2) is 42.5 Å². The van der Waals surface area contributed by atoms with E-state index < -0.39 is 15.9 Å². The van der Waals surface area contributed by atoms with E-state index in [1.54, 1.807) is 18.2 Å². The van der Waals surface area contributed by atoms with Crippen LogP contribution in [0.25, 0.3) is 0 Å². The molecule has 150 valence electrons. The second kappa shape index (κ2) is 8.82. The van der Waals surface area contributed by atoms with Gasteiger partial charge in [0, 0.05) is 34.4 Å². The Morgan fingerprint density at radius 1 is 1.14 bits per heavy atom. The van der Waals surface area contributed by atoms with Crippen molar-refractivity contribution in [2.24, 2.45) is 5.92 Å². The van der Waals surface area contributed by atoms with Gasteiger partial charge in [-0.1, -0.05) is 47.5 Å². The summed E-state index contributed by atoms with van der Waals surface area (Å²) < 4.78 is 27.2. The van der Waals surface area contributed by atoms with Gasteiger partial charge in [-0.2, -0.15) is 0 Å². The zero-order valence-corrected chi connectivity index (χ0v) is 17.8. The predicted molar refractivity (Wildman–Crippen MR) is 113 cm³/mol. The van der Waals surface area contributed by atoms with Crippen molar-refractivity contribution in [3.63, 3.8) is 0 Å². The molecule has 0 spiro atoms. The van der Waals surface area contributed by atoms with Crippen LogP contribution in [0.4, 0.5) is 5.69 Å². The van der Waals surface area contributed by atoms with Crippen molar-refractivity contribution in [1.82, 2.24) is 4.31 Å². The first-order chi connectivity index (χ1) is 13.3. The van der Waals surface area contributed by atoms with Crippen molar-refractivity contribution >= 4 is 44.8 Å². The Hall–Kier alpha value is -1.60. The number of anilines is 1. The highest BCUT2D eigenvalue weighted by Crippen LogP contribution is 2.29. The predicted octanol–water partition coefficient (Wildman–Crippen LogP) is 4.48. The molecule has 0 aromatic heterocycles. The fraction of sp³-hybridized carbons (Fsp3) is 0.350. The Kier molecular flexibility index (Phi) is 6.65. The second-order valence-corrected chi connectivity index (χ2v) is 9.74. The Labute approximate surface area is 175 Å². The van der Waals surface area contributed by atoms with Crippen molar-refractivity contribution in [3.05, 3.63) is 63.6 Å². The maximum atomic E-state index is 12.9. The van der Waals surface area contributed by atoms with E-state index in [0.717, 1.165) is 11.3 Å². The van der Waals surface area contributed by atoms with Crippen LogP contribution in [0.5, 0.6) is 0 Å². The summed E-state index contributed by atoms with van der Waals surface area (Å²) in [5.74, 6) is -0.840. The van der Waals surface area contributed by atoms with Gasteiger partial charge in [-0.3, -0.25) is 4.79 Å². The number of sulfonamides is 1. The number of nitrogens with one attached hydrogen (secondary N) is 1. The van der Waals surface area contributed by atoms with Crippen LogP contribution >= 0.6 is 23.2 Å². The molecule has 2 aromatic carbocycles. The summed E-state index contributed by atoms with van der Waals surface area (Å²) in [5.41, 5.74) is 2.09. The fourth-order valence-corrected chi connectivity index (χ4v) is 5.66. The Morgan fingerprint density at radius 3 is 2.50 bits per heavy atom. The lowest BCUT2D eigenvalue weighted by Gasteiger charge is -2.31. The van der Waals surface area contributed by atoms with Crippen LogP contribution in [-0.2, 0) is 20.6 Å². The van der Waals surface area contributed by atoms with Crippen LogP contribution in [0, 0.1) is 12.8 Å². The van der Waals surface area contributed by atoms with Gasteiger partial charge in [-0.25, -0.2) is 12.7 Å². The lowest BCUT2D eigenvalue weighted by atomic mass is 9.98. The number of rotatable bonds is 5. The fourth-order valence-electron chi connectivity index (χ4n) is 3.30. The number of carbonyl (C=O) groups excluding carboxylic acids is 1. The number of hydrogen-bond acceptors (Lipinski definition) is 3. The maximum Gasteiger partial charge on any atom is 0.228 e. The van der Waals surface area contributed by atoms with Crippen LogP contribution in [0.3, 0.4) is 0 Å². The number of amides is 1. The molecule has 1 aliphatic heterocycles. The molecule has 1 amide bonds. The SMILES string of the molecule is Cc1ccccc1NC(=O)[C@@H]1CCCN(S(=O)(=O)Cc2c(Cl)cccc2Cl)C1. The number of carbonyl (C=O) groups is 1. The summed E-state index contributed by atoms with van der Waals surface area (Å²) in [7, 11) is -3.64. The monoisotopic (exact) mass is 440 g/mol. The summed E-state index contributed by atoms with van der Waals surface area (Å²) in [6.45, 7) is 2.46. The normalized spacial score (nSPS) is 18.0. The molecule has 8 heteroatoms. The number of para-hydroxylation sites is 1. The van der Waals surface area contributed by atoms with E-state index >= 15 is 0 Å². The number of halogens is 2. The van der Waals surface area contributed by atoms with Crippen molar-refractivity contribution in [2.75, 3.05) is 18.4 Å². The molecule has 3 rings (SSSR count). The minimum absolute atomic E-state index is 0.155. The Balaban J connectivity index is 1.71. The molecule has 0 bridgehead atoms. The van der Waals surface area contributed by atoms with Crippen LogP contribution < -0.4 is 5.32 Å². The first kappa shape index (κ1) is 21.1. The minimum Gasteiger partial charge on any atom is -0.326 e. The molecule has 1 aliphatic rings. The molecule has 2 aromatic rings. The van der Waals surface area contributed by atoms with Crippen LogP contribution in [-0.4, -0.2) is 31.7 Å². The van der Waals surface area contributed by atoms with Crippen molar-refractivity contribution in [2.45, 2.75) is 25.5 Å². The average Bonchev–Trinajstić information content (AvgIpc) is 2.67. The van der Waals surface area contributed by atoms with E-state index in [2.05, 4.69) is 5.32 Å². The molecular formula is C20H22Cl2N2O3S. The van der Waals surface area contributed by atoms with Gasteiger partial charge >= 0.3 is 0 Å². The quantitative estimate of drug-likeness (QED) is 0.744. The highest BCUT2D eigenvalue weighted by Gasteiger charge is 2.33. The average molecular weight is 441 g/mol. The molecular weight excluding hydrogens is 419 g/mol. The summed E-state index contributed by atoms with van der Waals surface area (Å²) in [6, 6.07) is 12.4. The van der Waals surface area contributed by atoms with E-state index in [-0.39, 0.29) is 18.2 Å². The third-order valence-corrected chi connectivity index (χ3v) is 7.42. The highest BCUT2D eigenvalue weighted by molar-refractivity contribution is 7.88. The second-order valence-electron chi connectivity index (χ2n) is 6.96. The van der Waals surface area contributed by atoms with Gasteiger partial charge in [0.15, 0.2) is 0 Å². The Morgan fingerprint density at radius 2 is 1.82 bits per heavy atom. The number of benzene rings is 2. The standard InChI is InChI=1S/C20H22Cl2N2O3S/c1-14-6-2-3-10-19(14)23-20(25)15-7-5-11-24(12-15)28(26,27)13-16-17(21)8-4-9-18(16)22/h2-4,6,8-10,15H,5,7,11-13H2,1H3,(H,23,25)/t15-/m1/s1. The van der Waals surface area contributed by atoms with Gasteiger partial charge < -0.3 is 5.32 Å². The van der Waals surface area contributed by atoms with Gasteiger partial charge in [0.25, 0.3) is 0 Å². The van der Waals surface area contributed by atoms with Gasteiger partial charge in [-0.15, -0.1) is 0 Å². The van der Waals surface area contributed by atoms with E-state index in [4.69, 9.17) is 23.2 Å². The largest absolute Gasteiger partial charge is 0.326 e. The van der Waals surface area contributed by atoms with Gasteiger partial charge in [0.1, 0.15) is 0 Å². The van der Waals surface area contributed by atoms with Gasteiger partial charge in [0.05, 0.1) is 11.7 Å². The van der Waals surface area contributed by atoms with Crippen LogP contribution in [0.2, 0.25) is 10.0 Å². The summed E-state index contributed by atoms with van der Waals surface area (Å²) in [4.78, 5) is 12.7. The molecule has 0 radical (unpaired) electrons. The molecule has 1 fully saturated rings. The zero-order valence-electron chi connectivity index (χ0n) is 15.5. The van der Waals surface area contributed by atoms with Gasteiger partial charge in [-0.05, 0) is 43.5 Å². The lowest BCUT2D eigenvalue weighted by molar-refractivity contribution is -0.120. The van der Waals surface area contributed by atoms with Crippen LogP contribution in [0.1, 0.15) is 24.0 Å². The first-order valence-corrected chi connectivity index (χ1v) is 11.4. The number of aryl methyl sites for hydroxylation is 1. The Bertz CT molecular complexity index is 959. The maximum absolute atomic E-state index is 12.9. The van der Waals surface area contributed by atoms with Crippen molar-refractivity contribution < 1.29 is 13.2 Å². The number of nitrogens with zero attached hydrogens (tertiary/aromatic N) is 1. The summed E-state index contributed by atoms with van der Waals surface area (Å²) >= 11 is 12.3. The topological polar surface area (TPSA) is 66.5 Å². The highest BCUT2D eigenvalue weighted by atomic mass is 35.5. The van der Waals surface area contributed by atoms with Crippen molar-refractivity contribution in [3.8, 4) is 0 Å². The number of piperidine rings is 1. The first-order valence-electron chi connectivity index (χ1n) is 9.05. The van der Waals surface area contributed by atoms with Gasteiger partial charge in [0.2, 0.25) is 15.9 Å². The molecule has 0 saturated carbocycles. The molecule has 1 atom stereocenters. The van der Waals surface area contributed by atoms with E-state index in [1.165, 1.54) is 4.31 Å².